The summed E-state index contributed by atoms with van der Waals surface area (Å²) < 4.78 is 5.00. The molecule has 1 fully saturated rings. The Hall–Kier alpha value is -0.650. The number of hydrogen-bond acceptors (Lipinski definition) is 5. The summed E-state index contributed by atoms with van der Waals surface area (Å²) in [4.78, 5) is 7.05. The first kappa shape index (κ1) is 13.8. The molecule has 1 saturated carbocycles. The number of nitrogens with one attached hydrogen (secondary N) is 1. The topological polar surface area (TPSA) is 37.4 Å². The lowest BCUT2D eigenvalue weighted by atomic mass is 10.2. The van der Waals surface area contributed by atoms with Crippen molar-refractivity contribution in [3.63, 3.8) is 0 Å². The lowest BCUT2D eigenvalue weighted by molar-refractivity contribution is 0.199. The Morgan fingerprint density at radius 2 is 2.28 bits per heavy atom. The number of hydrogen-bond donors (Lipinski definition) is 1. The monoisotopic (exact) mass is 269 g/mol. The van der Waals surface area contributed by atoms with Gasteiger partial charge in [-0.25, -0.2) is 4.98 Å². The number of ether oxygens (including phenoxy) is 1. The molecule has 102 valence electrons. The molecule has 1 N–H and O–H groups in total. The largest absolute Gasteiger partial charge is 0.383 e. The van der Waals surface area contributed by atoms with Crippen LogP contribution in [0.25, 0.3) is 0 Å². The summed E-state index contributed by atoms with van der Waals surface area (Å²) >= 11 is 1.75. The van der Waals surface area contributed by atoms with Gasteiger partial charge in [-0.1, -0.05) is 12.8 Å². The molecule has 0 aromatic carbocycles. The predicted octanol–water partition coefficient (Wildman–Crippen LogP) is 2.26. The van der Waals surface area contributed by atoms with Gasteiger partial charge in [-0.15, -0.1) is 11.3 Å². The van der Waals surface area contributed by atoms with Gasteiger partial charge >= 0.3 is 0 Å². The van der Waals surface area contributed by atoms with Crippen molar-refractivity contribution in [1.82, 2.24) is 10.3 Å². The van der Waals surface area contributed by atoms with E-state index in [0.717, 1.165) is 30.5 Å². The van der Waals surface area contributed by atoms with Crippen molar-refractivity contribution < 1.29 is 4.74 Å². The van der Waals surface area contributed by atoms with E-state index in [1.807, 2.05) is 0 Å². The normalized spacial score (nSPS) is 16.3. The fourth-order valence-corrected chi connectivity index (χ4v) is 3.24. The lowest BCUT2D eigenvalue weighted by Crippen LogP contribution is -2.28. The van der Waals surface area contributed by atoms with Gasteiger partial charge in [0, 0.05) is 38.7 Å². The molecule has 0 bridgehead atoms. The van der Waals surface area contributed by atoms with Gasteiger partial charge in [0.25, 0.3) is 0 Å². The third-order valence-corrected chi connectivity index (χ3v) is 4.48. The van der Waals surface area contributed by atoms with Crippen LogP contribution in [0.4, 0.5) is 5.13 Å². The summed E-state index contributed by atoms with van der Waals surface area (Å²) in [7, 11) is 3.90. The minimum absolute atomic E-state index is 0.699. The maximum atomic E-state index is 5.00. The van der Waals surface area contributed by atoms with Crippen molar-refractivity contribution >= 4 is 16.5 Å². The smallest absolute Gasteiger partial charge is 0.185 e. The summed E-state index contributed by atoms with van der Waals surface area (Å²) in [6.07, 6.45) is 5.37. The van der Waals surface area contributed by atoms with Crippen molar-refractivity contribution in [3.8, 4) is 0 Å². The van der Waals surface area contributed by atoms with Gasteiger partial charge in [-0.3, -0.25) is 0 Å². The van der Waals surface area contributed by atoms with E-state index >= 15 is 0 Å². The number of aromatic nitrogens is 1. The van der Waals surface area contributed by atoms with Gasteiger partial charge in [-0.2, -0.15) is 0 Å². The minimum Gasteiger partial charge on any atom is -0.383 e. The zero-order chi connectivity index (χ0) is 12.8. The van der Waals surface area contributed by atoms with Crippen LogP contribution in [0.15, 0.2) is 5.38 Å². The fraction of sp³-hybridized carbons (Fsp3) is 0.769. The quantitative estimate of drug-likeness (QED) is 0.771. The van der Waals surface area contributed by atoms with Crippen molar-refractivity contribution in [1.29, 1.82) is 0 Å². The van der Waals surface area contributed by atoms with Gasteiger partial charge in [0.1, 0.15) is 0 Å². The lowest BCUT2D eigenvalue weighted by Gasteiger charge is -2.23. The van der Waals surface area contributed by atoms with E-state index in [2.05, 4.69) is 22.6 Å². The molecule has 1 aliphatic rings. The number of anilines is 1. The van der Waals surface area contributed by atoms with Gasteiger partial charge in [0.15, 0.2) is 5.13 Å². The maximum Gasteiger partial charge on any atom is 0.185 e. The summed E-state index contributed by atoms with van der Waals surface area (Å²) in [5.74, 6) is 0. The first-order valence-electron chi connectivity index (χ1n) is 6.68. The Kier molecular flexibility index (Phi) is 5.41. The highest BCUT2D eigenvalue weighted by molar-refractivity contribution is 7.13. The zero-order valence-corrected chi connectivity index (χ0v) is 12.1. The molecule has 0 spiro atoms. The first-order chi connectivity index (χ1) is 8.81. The standard InChI is InChI=1S/C13H23N3OS/c1-16(12-5-3-4-6-12)13-15-11(10-18-13)9-14-7-8-17-2/h10,12,14H,3-9H2,1-2H3. The van der Waals surface area contributed by atoms with Crippen LogP contribution in [-0.2, 0) is 11.3 Å². The van der Waals surface area contributed by atoms with Gasteiger partial charge < -0.3 is 15.0 Å². The molecule has 0 amide bonds. The van der Waals surface area contributed by atoms with E-state index in [1.165, 1.54) is 25.7 Å². The molecular weight excluding hydrogens is 246 g/mol. The molecule has 0 aliphatic heterocycles. The number of methoxy groups -OCH3 is 1. The van der Waals surface area contributed by atoms with Crippen molar-refractivity contribution in [2.24, 2.45) is 0 Å². The molecule has 0 atom stereocenters. The van der Waals surface area contributed by atoms with Crippen molar-refractivity contribution in [2.45, 2.75) is 38.3 Å². The number of thiazole rings is 1. The van der Waals surface area contributed by atoms with Crippen LogP contribution >= 0.6 is 11.3 Å². The molecule has 2 rings (SSSR count). The van der Waals surface area contributed by atoms with Crippen LogP contribution in [0, 0.1) is 0 Å². The molecule has 5 heteroatoms. The maximum absolute atomic E-state index is 5.00. The minimum atomic E-state index is 0.699. The Morgan fingerprint density at radius 3 is 3.00 bits per heavy atom. The zero-order valence-electron chi connectivity index (χ0n) is 11.3. The molecule has 0 radical (unpaired) electrons. The summed E-state index contributed by atoms with van der Waals surface area (Å²) in [6.45, 7) is 2.46. The second-order valence-electron chi connectivity index (χ2n) is 4.84. The summed E-state index contributed by atoms with van der Waals surface area (Å²) in [6, 6.07) is 0.699. The third-order valence-electron chi connectivity index (χ3n) is 3.50. The van der Waals surface area contributed by atoms with Gasteiger partial charge in [-0.05, 0) is 12.8 Å². The highest BCUT2D eigenvalue weighted by Gasteiger charge is 2.21. The Morgan fingerprint density at radius 1 is 1.50 bits per heavy atom. The average Bonchev–Trinajstić information content (AvgIpc) is 3.05. The fourth-order valence-electron chi connectivity index (χ4n) is 2.38. The van der Waals surface area contributed by atoms with Crippen LogP contribution in [0.3, 0.4) is 0 Å². The van der Waals surface area contributed by atoms with Gasteiger partial charge in [0.2, 0.25) is 0 Å². The summed E-state index contributed by atoms with van der Waals surface area (Å²) in [5.41, 5.74) is 1.14. The Labute approximate surface area is 113 Å². The predicted molar refractivity (Wildman–Crippen MR) is 76.4 cm³/mol. The molecule has 18 heavy (non-hydrogen) atoms. The molecule has 4 nitrogen and oxygen atoms in total. The molecule has 1 aromatic rings. The Bertz CT molecular complexity index is 350. The molecule has 0 unspecified atom stereocenters. The number of rotatable bonds is 7. The molecule has 1 aliphatic carbocycles. The summed E-state index contributed by atoms with van der Waals surface area (Å²) in [5, 5.41) is 6.64. The van der Waals surface area contributed by atoms with E-state index in [-0.39, 0.29) is 0 Å². The molecule has 0 saturated heterocycles. The molecular formula is C13H23N3OS. The van der Waals surface area contributed by atoms with Gasteiger partial charge in [0.05, 0.1) is 12.3 Å². The highest BCUT2D eigenvalue weighted by Crippen LogP contribution is 2.28. The second-order valence-corrected chi connectivity index (χ2v) is 5.68. The van der Waals surface area contributed by atoms with Crippen LogP contribution < -0.4 is 10.2 Å². The third kappa shape index (κ3) is 3.67. The van der Waals surface area contributed by atoms with E-state index < -0.39 is 0 Å². The first-order valence-corrected chi connectivity index (χ1v) is 7.56. The number of nitrogens with zero attached hydrogens (tertiary/aromatic N) is 2. The average molecular weight is 269 g/mol. The molecule has 1 aromatic heterocycles. The van der Waals surface area contributed by atoms with E-state index in [0.29, 0.717) is 6.04 Å². The SMILES string of the molecule is COCCNCc1csc(N(C)C2CCCC2)n1. The van der Waals surface area contributed by atoms with Crippen LogP contribution in [0.1, 0.15) is 31.4 Å². The van der Waals surface area contributed by atoms with Crippen molar-refractivity contribution in [2.75, 3.05) is 32.2 Å². The molecule has 1 heterocycles. The van der Waals surface area contributed by atoms with Crippen LogP contribution in [-0.4, -0.2) is 38.3 Å². The second kappa shape index (κ2) is 7.07. The Balaban J connectivity index is 1.81. The van der Waals surface area contributed by atoms with E-state index in [9.17, 15) is 0 Å². The van der Waals surface area contributed by atoms with E-state index in [4.69, 9.17) is 9.72 Å². The van der Waals surface area contributed by atoms with Crippen LogP contribution in [0.5, 0.6) is 0 Å². The van der Waals surface area contributed by atoms with Crippen LogP contribution in [0.2, 0.25) is 0 Å². The van der Waals surface area contributed by atoms with E-state index in [1.54, 1.807) is 18.4 Å². The highest BCUT2D eigenvalue weighted by atomic mass is 32.1. The van der Waals surface area contributed by atoms with Crippen molar-refractivity contribution in [3.05, 3.63) is 11.1 Å².